The predicted octanol–water partition coefficient (Wildman–Crippen LogP) is 1.00. The van der Waals surface area contributed by atoms with Crippen molar-refractivity contribution in [3.8, 4) is 0 Å². The average molecular weight is 342 g/mol. The first kappa shape index (κ1) is 19.4. The van der Waals surface area contributed by atoms with E-state index in [4.69, 9.17) is 10.5 Å². The normalized spacial score (nSPS) is 17.2. The Balaban J connectivity index is 0.00000264. The number of ether oxygens (including phenoxy) is 1. The number of benzene rings is 1. The van der Waals surface area contributed by atoms with Crippen LogP contribution in [0.4, 0.5) is 5.69 Å². The SMILES string of the molecule is Cc1cccc(N(CCC(N)=O)C(=O)CC2COCCN2)c1.Cl. The van der Waals surface area contributed by atoms with Gasteiger partial charge in [0.25, 0.3) is 0 Å². The van der Waals surface area contributed by atoms with Gasteiger partial charge in [0.15, 0.2) is 0 Å². The van der Waals surface area contributed by atoms with E-state index in [9.17, 15) is 9.59 Å². The van der Waals surface area contributed by atoms with E-state index in [2.05, 4.69) is 5.32 Å². The van der Waals surface area contributed by atoms with Crippen LogP contribution in [0.25, 0.3) is 0 Å². The zero-order valence-electron chi connectivity index (χ0n) is 13.3. The quantitative estimate of drug-likeness (QED) is 0.808. The molecular weight excluding hydrogens is 318 g/mol. The molecule has 1 heterocycles. The van der Waals surface area contributed by atoms with Crippen molar-refractivity contribution in [1.82, 2.24) is 5.32 Å². The van der Waals surface area contributed by atoms with Gasteiger partial charge in [-0.25, -0.2) is 0 Å². The maximum absolute atomic E-state index is 12.6. The lowest BCUT2D eigenvalue weighted by atomic mass is 10.1. The third-order valence-corrected chi connectivity index (χ3v) is 3.62. The second-order valence-corrected chi connectivity index (χ2v) is 5.53. The summed E-state index contributed by atoms with van der Waals surface area (Å²) in [6.07, 6.45) is 0.487. The number of nitrogens with zero attached hydrogens (tertiary/aromatic N) is 1. The highest BCUT2D eigenvalue weighted by atomic mass is 35.5. The minimum atomic E-state index is -0.412. The van der Waals surface area contributed by atoms with Gasteiger partial charge in [-0.1, -0.05) is 12.1 Å². The fourth-order valence-electron chi connectivity index (χ4n) is 2.49. The van der Waals surface area contributed by atoms with Gasteiger partial charge >= 0.3 is 0 Å². The number of hydrogen-bond donors (Lipinski definition) is 2. The van der Waals surface area contributed by atoms with Crippen molar-refractivity contribution in [2.45, 2.75) is 25.8 Å². The van der Waals surface area contributed by atoms with E-state index in [1.54, 1.807) is 4.90 Å². The minimum absolute atomic E-state index is 0. The zero-order valence-corrected chi connectivity index (χ0v) is 14.1. The number of morpholine rings is 1. The maximum Gasteiger partial charge on any atom is 0.228 e. The maximum atomic E-state index is 12.6. The number of nitrogens with two attached hydrogens (primary N) is 1. The van der Waals surface area contributed by atoms with Crippen LogP contribution in [0.15, 0.2) is 24.3 Å². The van der Waals surface area contributed by atoms with Gasteiger partial charge in [0, 0.05) is 37.7 Å². The van der Waals surface area contributed by atoms with Crippen LogP contribution in [0, 0.1) is 6.92 Å². The lowest BCUT2D eigenvalue weighted by Crippen LogP contribution is -2.45. The molecule has 2 rings (SSSR count). The van der Waals surface area contributed by atoms with E-state index in [1.165, 1.54) is 0 Å². The van der Waals surface area contributed by atoms with Crippen LogP contribution in [0.3, 0.4) is 0 Å². The summed E-state index contributed by atoms with van der Waals surface area (Å²) in [5.74, 6) is -0.445. The standard InChI is InChI=1S/C16H23N3O3.ClH/c1-12-3-2-4-14(9-12)19(7-5-15(17)20)16(21)10-13-11-22-8-6-18-13;/h2-4,9,13,18H,5-8,10-11H2,1H3,(H2,17,20);1H. The molecule has 23 heavy (non-hydrogen) atoms. The number of hydrogen-bond acceptors (Lipinski definition) is 4. The molecule has 1 unspecified atom stereocenters. The molecule has 0 aliphatic carbocycles. The number of aryl methyl sites for hydroxylation is 1. The molecule has 1 atom stereocenters. The number of anilines is 1. The summed E-state index contributed by atoms with van der Waals surface area (Å²) in [6, 6.07) is 7.69. The molecule has 0 spiro atoms. The topological polar surface area (TPSA) is 84.7 Å². The zero-order chi connectivity index (χ0) is 15.9. The molecule has 1 aromatic carbocycles. The Labute approximate surface area is 142 Å². The van der Waals surface area contributed by atoms with Crippen LogP contribution >= 0.6 is 12.4 Å². The van der Waals surface area contributed by atoms with Crippen LogP contribution in [0.5, 0.6) is 0 Å². The summed E-state index contributed by atoms with van der Waals surface area (Å²) in [5.41, 5.74) is 7.08. The number of carbonyl (C=O) groups excluding carboxylic acids is 2. The predicted molar refractivity (Wildman–Crippen MR) is 91.8 cm³/mol. The monoisotopic (exact) mass is 341 g/mol. The number of amides is 2. The van der Waals surface area contributed by atoms with Crippen molar-refractivity contribution in [3.05, 3.63) is 29.8 Å². The second kappa shape index (κ2) is 9.50. The smallest absolute Gasteiger partial charge is 0.228 e. The molecule has 7 heteroatoms. The second-order valence-electron chi connectivity index (χ2n) is 5.53. The summed E-state index contributed by atoms with van der Waals surface area (Å²) < 4.78 is 5.38. The third-order valence-electron chi connectivity index (χ3n) is 3.62. The average Bonchev–Trinajstić information content (AvgIpc) is 2.48. The highest BCUT2D eigenvalue weighted by Crippen LogP contribution is 2.18. The third kappa shape index (κ3) is 6.17. The molecular formula is C16H24ClN3O3. The van der Waals surface area contributed by atoms with E-state index in [-0.39, 0.29) is 30.8 Å². The lowest BCUT2D eigenvalue weighted by molar-refractivity contribution is -0.120. The van der Waals surface area contributed by atoms with Gasteiger partial charge < -0.3 is 20.7 Å². The van der Waals surface area contributed by atoms with Crippen LogP contribution < -0.4 is 16.0 Å². The van der Waals surface area contributed by atoms with E-state index in [0.717, 1.165) is 17.8 Å². The van der Waals surface area contributed by atoms with Crippen LogP contribution in [-0.4, -0.2) is 44.2 Å². The molecule has 2 amide bonds. The summed E-state index contributed by atoms with van der Waals surface area (Å²) in [7, 11) is 0. The molecule has 3 N–H and O–H groups in total. The van der Waals surface area contributed by atoms with E-state index in [0.29, 0.717) is 26.2 Å². The van der Waals surface area contributed by atoms with Crippen molar-refractivity contribution < 1.29 is 14.3 Å². The molecule has 0 radical (unpaired) electrons. The van der Waals surface area contributed by atoms with Gasteiger partial charge in [0.1, 0.15) is 0 Å². The van der Waals surface area contributed by atoms with Crippen molar-refractivity contribution in [3.63, 3.8) is 0 Å². The number of nitrogens with one attached hydrogen (secondary N) is 1. The number of carbonyl (C=O) groups is 2. The Hall–Kier alpha value is -1.63. The first-order chi connectivity index (χ1) is 10.6. The Morgan fingerprint density at radius 1 is 1.43 bits per heavy atom. The molecule has 1 aromatic rings. The Morgan fingerprint density at radius 3 is 2.83 bits per heavy atom. The lowest BCUT2D eigenvalue weighted by Gasteiger charge is -2.28. The van der Waals surface area contributed by atoms with Crippen molar-refractivity contribution in [1.29, 1.82) is 0 Å². The number of primary amides is 1. The molecule has 1 saturated heterocycles. The largest absolute Gasteiger partial charge is 0.378 e. The van der Waals surface area contributed by atoms with Gasteiger partial charge in [0.2, 0.25) is 11.8 Å². The first-order valence-corrected chi connectivity index (χ1v) is 7.52. The molecule has 128 valence electrons. The first-order valence-electron chi connectivity index (χ1n) is 7.52. The van der Waals surface area contributed by atoms with Gasteiger partial charge in [-0.3, -0.25) is 9.59 Å². The molecule has 1 aliphatic heterocycles. The molecule has 0 saturated carbocycles. The molecule has 1 aliphatic rings. The van der Waals surface area contributed by atoms with Crippen molar-refractivity contribution >= 4 is 29.9 Å². The van der Waals surface area contributed by atoms with E-state index >= 15 is 0 Å². The molecule has 1 fully saturated rings. The van der Waals surface area contributed by atoms with Crippen molar-refractivity contribution in [2.24, 2.45) is 5.73 Å². The summed E-state index contributed by atoms with van der Waals surface area (Å²) >= 11 is 0. The Bertz CT molecular complexity index is 533. The summed E-state index contributed by atoms with van der Waals surface area (Å²) in [5, 5.41) is 3.27. The summed E-state index contributed by atoms with van der Waals surface area (Å²) in [6.45, 7) is 4.23. The highest BCUT2D eigenvalue weighted by molar-refractivity contribution is 5.94. The Kier molecular flexibility index (Phi) is 8.02. The van der Waals surface area contributed by atoms with E-state index < -0.39 is 5.91 Å². The molecule has 0 bridgehead atoms. The fraction of sp³-hybridized carbons (Fsp3) is 0.500. The van der Waals surface area contributed by atoms with Crippen LogP contribution in [0.2, 0.25) is 0 Å². The minimum Gasteiger partial charge on any atom is -0.378 e. The fourth-order valence-corrected chi connectivity index (χ4v) is 2.49. The van der Waals surface area contributed by atoms with E-state index in [1.807, 2.05) is 31.2 Å². The Morgan fingerprint density at radius 2 is 2.22 bits per heavy atom. The van der Waals surface area contributed by atoms with Crippen LogP contribution in [0.1, 0.15) is 18.4 Å². The highest BCUT2D eigenvalue weighted by Gasteiger charge is 2.22. The van der Waals surface area contributed by atoms with Gasteiger partial charge in [0.05, 0.1) is 13.2 Å². The van der Waals surface area contributed by atoms with Gasteiger partial charge in [-0.05, 0) is 24.6 Å². The van der Waals surface area contributed by atoms with Gasteiger partial charge in [-0.2, -0.15) is 0 Å². The van der Waals surface area contributed by atoms with Gasteiger partial charge in [-0.15, -0.1) is 12.4 Å². The molecule has 0 aromatic heterocycles. The van der Waals surface area contributed by atoms with Crippen LogP contribution in [-0.2, 0) is 14.3 Å². The van der Waals surface area contributed by atoms with Crippen molar-refractivity contribution in [2.75, 3.05) is 31.2 Å². The number of halogens is 1. The summed E-state index contributed by atoms with van der Waals surface area (Å²) in [4.78, 5) is 25.3. The molecule has 6 nitrogen and oxygen atoms in total. The number of rotatable bonds is 6.